The first-order chi connectivity index (χ1) is 10.5. The number of aryl methyl sites for hydroxylation is 3. The maximum absolute atomic E-state index is 11.6. The zero-order valence-electron chi connectivity index (χ0n) is 13.5. The summed E-state index contributed by atoms with van der Waals surface area (Å²) in [7, 11) is 3.01. The molecule has 0 aromatic heterocycles. The third-order valence-electron chi connectivity index (χ3n) is 3.47. The second-order valence-corrected chi connectivity index (χ2v) is 5.16. The minimum atomic E-state index is -0.349. The molecule has 0 N–H and O–H groups in total. The minimum absolute atomic E-state index is 0.349. The largest absolute Gasteiger partial charge is 0.496 e. The van der Waals surface area contributed by atoms with Gasteiger partial charge in [0.25, 0.3) is 0 Å². The highest BCUT2D eigenvalue weighted by Gasteiger charge is 2.13. The fraction of sp³-hybridized carbons (Fsp3) is 0.278. The molecular weight excluding hydrogens is 280 g/mol. The molecule has 0 aliphatic carbocycles. The van der Waals surface area contributed by atoms with Gasteiger partial charge in [-0.05, 0) is 67.8 Å². The van der Waals surface area contributed by atoms with E-state index in [0.29, 0.717) is 5.56 Å². The Kier molecular flexibility index (Phi) is 4.71. The van der Waals surface area contributed by atoms with Crippen molar-refractivity contribution in [1.29, 1.82) is 0 Å². The molecule has 0 bridgehead atoms. The van der Waals surface area contributed by atoms with Gasteiger partial charge in [-0.25, -0.2) is 4.79 Å². The smallest absolute Gasteiger partial charge is 0.337 e. The predicted molar refractivity (Wildman–Crippen MR) is 85.1 cm³/mol. The molecule has 4 heteroatoms. The van der Waals surface area contributed by atoms with E-state index in [1.54, 1.807) is 19.2 Å². The standard InChI is InChI=1S/C18H20O4/c1-11-10-15(6-7-16(11)20-4)22-17-12(2)8-14(9-13(17)3)18(19)21-5/h6-10H,1-5H3. The average molecular weight is 300 g/mol. The third-order valence-corrected chi connectivity index (χ3v) is 3.47. The Morgan fingerprint density at radius 1 is 0.909 bits per heavy atom. The molecule has 2 aromatic carbocycles. The van der Waals surface area contributed by atoms with Crippen molar-refractivity contribution in [2.75, 3.05) is 14.2 Å². The van der Waals surface area contributed by atoms with Crippen LogP contribution in [0, 0.1) is 20.8 Å². The van der Waals surface area contributed by atoms with E-state index in [-0.39, 0.29) is 5.97 Å². The summed E-state index contributed by atoms with van der Waals surface area (Å²) in [6, 6.07) is 9.19. The molecule has 0 saturated heterocycles. The lowest BCUT2D eigenvalue weighted by atomic mass is 10.1. The van der Waals surface area contributed by atoms with Crippen LogP contribution in [0.25, 0.3) is 0 Å². The highest BCUT2D eigenvalue weighted by Crippen LogP contribution is 2.32. The molecule has 0 aliphatic heterocycles. The number of ether oxygens (including phenoxy) is 3. The summed E-state index contributed by atoms with van der Waals surface area (Å²) in [4.78, 5) is 11.6. The number of hydrogen-bond donors (Lipinski definition) is 0. The molecule has 0 amide bonds. The number of rotatable bonds is 4. The van der Waals surface area contributed by atoms with Gasteiger partial charge in [0.05, 0.1) is 19.8 Å². The van der Waals surface area contributed by atoms with E-state index >= 15 is 0 Å². The molecule has 0 unspecified atom stereocenters. The number of methoxy groups -OCH3 is 2. The van der Waals surface area contributed by atoms with Crippen molar-refractivity contribution in [3.8, 4) is 17.2 Å². The zero-order valence-corrected chi connectivity index (χ0v) is 13.5. The zero-order chi connectivity index (χ0) is 16.3. The second kappa shape index (κ2) is 6.52. The highest BCUT2D eigenvalue weighted by molar-refractivity contribution is 5.90. The van der Waals surface area contributed by atoms with Gasteiger partial charge in [0, 0.05) is 0 Å². The first-order valence-electron chi connectivity index (χ1n) is 6.98. The Morgan fingerprint density at radius 3 is 2.05 bits per heavy atom. The van der Waals surface area contributed by atoms with Crippen LogP contribution in [0.3, 0.4) is 0 Å². The van der Waals surface area contributed by atoms with Gasteiger partial charge in [-0.2, -0.15) is 0 Å². The lowest BCUT2D eigenvalue weighted by Gasteiger charge is -2.14. The van der Waals surface area contributed by atoms with E-state index in [0.717, 1.165) is 33.9 Å². The van der Waals surface area contributed by atoms with Crippen molar-refractivity contribution in [2.24, 2.45) is 0 Å². The summed E-state index contributed by atoms with van der Waals surface area (Å²) in [5.74, 6) is 1.95. The first-order valence-corrected chi connectivity index (χ1v) is 6.98. The Bertz CT molecular complexity index is 681. The fourth-order valence-corrected chi connectivity index (χ4v) is 2.38. The monoisotopic (exact) mass is 300 g/mol. The summed E-state index contributed by atoms with van der Waals surface area (Å²) < 4.78 is 16.0. The fourth-order valence-electron chi connectivity index (χ4n) is 2.38. The van der Waals surface area contributed by atoms with Crippen molar-refractivity contribution in [1.82, 2.24) is 0 Å². The van der Waals surface area contributed by atoms with E-state index in [9.17, 15) is 4.79 Å². The van der Waals surface area contributed by atoms with Crippen molar-refractivity contribution < 1.29 is 19.0 Å². The van der Waals surface area contributed by atoms with Crippen LogP contribution in [0.4, 0.5) is 0 Å². The Labute approximate surface area is 130 Å². The first kappa shape index (κ1) is 15.9. The van der Waals surface area contributed by atoms with E-state index in [2.05, 4.69) is 0 Å². The maximum Gasteiger partial charge on any atom is 0.337 e. The van der Waals surface area contributed by atoms with Crippen LogP contribution in [-0.2, 0) is 4.74 Å². The van der Waals surface area contributed by atoms with Crippen LogP contribution in [0.5, 0.6) is 17.2 Å². The van der Waals surface area contributed by atoms with Crippen molar-refractivity contribution in [2.45, 2.75) is 20.8 Å². The minimum Gasteiger partial charge on any atom is -0.496 e. The van der Waals surface area contributed by atoms with E-state index < -0.39 is 0 Å². The molecule has 0 radical (unpaired) electrons. The number of esters is 1. The number of carbonyl (C=O) groups excluding carboxylic acids is 1. The number of carbonyl (C=O) groups is 1. The van der Waals surface area contributed by atoms with Crippen molar-refractivity contribution in [3.05, 3.63) is 52.6 Å². The molecule has 2 aromatic rings. The van der Waals surface area contributed by atoms with Gasteiger partial charge < -0.3 is 14.2 Å². The number of benzene rings is 2. The summed E-state index contributed by atoms with van der Waals surface area (Å²) >= 11 is 0. The van der Waals surface area contributed by atoms with Crippen LogP contribution in [0.2, 0.25) is 0 Å². The van der Waals surface area contributed by atoms with Gasteiger partial charge in [0.15, 0.2) is 0 Å². The molecular formula is C18H20O4. The van der Waals surface area contributed by atoms with Crippen LogP contribution >= 0.6 is 0 Å². The molecule has 116 valence electrons. The van der Waals surface area contributed by atoms with Crippen LogP contribution in [0.1, 0.15) is 27.0 Å². The average Bonchev–Trinajstić information content (AvgIpc) is 2.50. The predicted octanol–water partition coefficient (Wildman–Crippen LogP) is 4.20. The second-order valence-electron chi connectivity index (χ2n) is 5.16. The van der Waals surface area contributed by atoms with Gasteiger partial charge in [-0.1, -0.05) is 0 Å². The molecule has 0 saturated carbocycles. The lowest BCUT2D eigenvalue weighted by Crippen LogP contribution is -2.03. The van der Waals surface area contributed by atoms with Gasteiger partial charge in [-0.15, -0.1) is 0 Å². The number of hydrogen-bond acceptors (Lipinski definition) is 4. The van der Waals surface area contributed by atoms with Gasteiger partial charge >= 0.3 is 5.97 Å². The normalized spacial score (nSPS) is 10.2. The van der Waals surface area contributed by atoms with E-state index in [1.165, 1.54) is 7.11 Å². The molecule has 0 atom stereocenters. The molecule has 0 spiro atoms. The molecule has 0 heterocycles. The summed E-state index contributed by atoms with van der Waals surface area (Å²) in [6.45, 7) is 5.78. The van der Waals surface area contributed by atoms with E-state index in [1.807, 2.05) is 39.0 Å². The lowest BCUT2D eigenvalue weighted by molar-refractivity contribution is 0.0600. The van der Waals surface area contributed by atoms with E-state index in [4.69, 9.17) is 14.2 Å². The third kappa shape index (κ3) is 3.22. The van der Waals surface area contributed by atoms with Crippen LogP contribution in [-0.4, -0.2) is 20.2 Å². The Hall–Kier alpha value is -2.49. The van der Waals surface area contributed by atoms with Crippen LogP contribution in [0.15, 0.2) is 30.3 Å². The molecule has 0 fully saturated rings. The Balaban J connectivity index is 2.34. The highest BCUT2D eigenvalue weighted by atomic mass is 16.5. The molecule has 0 aliphatic rings. The van der Waals surface area contributed by atoms with Gasteiger partial charge in [0.1, 0.15) is 17.2 Å². The molecule has 4 nitrogen and oxygen atoms in total. The summed E-state index contributed by atoms with van der Waals surface area (Å²) in [6.07, 6.45) is 0. The Morgan fingerprint density at radius 2 is 1.55 bits per heavy atom. The SMILES string of the molecule is COC(=O)c1cc(C)c(Oc2ccc(OC)c(C)c2)c(C)c1. The van der Waals surface area contributed by atoms with Crippen molar-refractivity contribution >= 4 is 5.97 Å². The topological polar surface area (TPSA) is 44.8 Å². The van der Waals surface area contributed by atoms with Crippen molar-refractivity contribution in [3.63, 3.8) is 0 Å². The van der Waals surface area contributed by atoms with Gasteiger partial charge in [-0.3, -0.25) is 0 Å². The van der Waals surface area contributed by atoms with Crippen LogP contribution < -0.4 is 9.47 Å². The summed E-state index contributed by atoms with van der Waals surface area (Å²) in [5.41, 5.74) is 3.29. The molecule has 2 rings (SSSR count). The maximum atomic E-state index is 11.6. The quantitative estimate of drug-likeness (QED) is 0.794. The molecule has 22 heavy (non-hydrogen) atoms. The van der Waals surface area contributed by atoms with Gasteiger partial charge in [0.2, 0.25) is 0 Å². The summed E-state index contributed by atoms with van der Waals surface area (Å²) in [5, 5.41) is 0.